The lowest BCUT2D eigenvalue weighted by Crippen LogP contribution is -2.44. The quantitative estimate of drug-likeness (QED) is 0.786. The number of halogens is 1. The van der Waals surface area contributed by atoms with E-state index in [2.05, 4.69) is 20.9 Å². The van der Waals surface area contributed by atoms with E-state index in [-0.39, 0.29) is 12.2 Å². The SMILES string of the molecule is CC(C)(C)OC(=O)N1CCOC(c2ccc(Br)cn2)C1. The van der Waals surface area contributed by atoms with Crippen LogP contribution in [0.5, 0.6) is 0 Å². The normalized spacial score (nSPS) is 19.8. The molecule has 1 saturated heterocycles. The molecule has 0 saturated carbocycles. The topological polar surface area (TPSA) is 51.7 Å². The molecule has 6 heteroatoms. The number of carbonyl (C=O) groups excluding carboxylic acids is 1. The molecule has 1 aromatic heterocycles. The minimum atomic E-state index is -0.485. The van der Waals surface area contributed by atoms with Gasteiger partial charge in [0.1, 0.15) is 11.7 Å². The third-order valence-corrected chi connectivity index (χ3v) is 3.27. The van der Waals surface area contributed by atoms with Crippen LogP contribution in [-0.4, -0.2) is 41.3 Å². The van der Waals surface area contributed by atoms with Crippen LogP contribution in [-0.2, 0) is 9.47 Å². The Morgan fingerprint density at radius 2 is 2.25 bits per heavy atom. The van der Waals surface area contributed by atoms with E-state index in [1.807, 2.05) is 32.9 Å². The molecule has 5 nitrogen and oxygen atoms in total. The predicted octanol–water partition coefficient (Wildman–Crippen LogP) is 3.15. The van der Waals surface area contributed by atoms with Gasteiger partial charge in [0, 0.05) is 17.2 Å². The maximum Gasteiger partial charge on any atom is 0.410 e. The standard InChI is InChI=1S/C14H19BrN2O3/c1-14(2,3)20-13(18)17-6-7-19-12(9-17)11-5-4-10(15)8-16-11/h4-5,8,12H,6-7,9H2,1-3H3. The van der Waals surface area contributed by atoms with E-state index in [0.29, 0.717) is 19.7 Å². The lowest BCUT2D eigenvalue weighted by molar-refractivity contribution is -0.0447. The van der Waals surface area contributed by atoms with Crippen molar-refractivity contribution in [3.8, 4) is 0 Å². The molecule has 1 unspecified atom stereocenters. The summed E-state index contributed by atoms with van der Waals surface area (Å²) in [6.07, 6.45) is 1.22. The molecular formula is C14H19BrN2O3. The third-order valence-electron chi connectivity index (χ3n) is 2.80. The summed E-state index contributed by atoms with van der Waals surface area (Å²) < 4.78 is 12.0. The highest BCUT2D eigenvalue weighted by atomic mass is 79.9. The van der Waals surface area contributed by atoms with E-state index >= 15 is 0 Å². The fourth-order valence-electron chi connectivity index (χ4n) is 1.90. The van der Waals surface area contributed by atoms with Crippen molar-refractivity contribution in [3.63, 3.8) is 0 Å². The average molecular weight is 343 g/mol. The number of aromatic nitrogens is 1. The molecule has 2 heterocycles. The van der Waals surface area contributed by atoms with Crippen LogP contribution >= 0.6 is 15.9 Å². The molecule has 0 aromatic carbocycles. The van der Waals surface area contributed by atoms with Crippen molar-refractivity contribution >= 4 is 22.0 Å². The summed E-state index contributed by atoms with van der Waals surface area (Å²) in [4.78, 5) is 18.1. The number of hydrogen-bond donors (Lipinski definition) is 0. The molecule has 1 atom stereocenters. The van der Waals surface area contributed by atoms with Crippen LogP contribution < -0.4 is 0 Å². The maximum absolute atomic E-state index is 12.1. The molecule has 1 aliphatic rings. The van der Waals surface area contributed by atoms with Gasteiger partial charge in [0.25, 0.3) is 0 Å². The predicted molar refractivity (Wildman–Crippen MR) is 78.4 cm³/mol. The second-order valence-corrected chi connectivity index (χ2v) is 6.60. The molecule has 1 aliphatic heterocycles. The Bertz CT molecular complexity index is 470. The van der Waals surface area contributed by atoms with Gasteiger partial charge in [-0.1, -0.05) is 0 Å². The lowest BCUT2D eigenvalue weighted by atomic mass is 10.2. The van der Waals surface area contributed by atoms with Gasteiger partial charge in [0.05, 0.1) is 18.8 Å². The summed E-state index contributed by atoms with van der Waals surface area (Å²) in [6, 6.07) is 3.81. The molecule has 1 amide bonds. The van der Waals surface area contributed by atoms with Crippen molar-refractivity contribution in [1.29, 1.82) is 0 Å². The van der Waals surface area contributed by atoms with Crippen LogP contribution in [0.15, 0.2) is 22.8 Å². The monoisotopic (exact) mass is 342 g/mol. The zero-order valence-electron chi connectivity index (χ0n) is 11.9. The highest BCUT2D eigenvalue weighted by Crippen LogP contribution is 2.23. The number of amides is 1. The van der Waals surface area contributed by atoms with Crippen LogP contribution in [0, 0.1) is 0 Å². The zero-order chi connectivity index (χ0) is 14.8. The fraction of sp³-hybridized carbons (Fsp3) is 0.571. The van der Waals surface area contributed by atoms with Gasteiger partial charge in [-0.3, -0.25) is 4.98 Å². The molecule has 0 aliphatic carbocycles. The van der Waals surface area contributed by atoms with Crippen molar-refractivity contribution in [2.75, 3.05) is 19.7 Å². The van der Waals surface area contributed by atoms with Crippen molar-refractivity contribution < 1.29 is 14.3 Å². The Balaban J connectivity index is 2.01. The molecule has 1 aromatic rings. The van der Waals surface area contributed by atoms with Crippen molar-refractivity contribution in [2.45, 2.75) is 32.5 Å². The highest BCUT2D eigenvalue weighted by molar-refractivity contribution is 9.10. The first-order chi connectivity index (χ1) is 9.35. The largest absolute Gasteiger partial charge is 0.444 e. The van der Waals surface area contributed by atoms with Gasteiger partial charge >= 0.3 is 6.09 Å². The van der Waals surface area contributed by atoms with E-state index in [1.54, 1.807) is 11.1 Å². The number of nitrogens with zero attached hydrogens (tertiary/aromatic N) is 2. The first-order valence-electron chi connectivity index (χ1n) is 6.56. The van der Waals surface area contributed by atoms with E-state index in [9.17, 15) is 4.79 Å². The summed E-state index contributed by atoms with van der Waals surface area (Å²) >= 11 is 3.35. The van der Waals surface area contributed by atoms with Crippen molar-refractivity contribution in [1.82, 2.24) is 9.88 Å². The minimum Gasteiger partial charge on any atom is -0.444 e. The number of pyridine rings is 1. The van der Waals surface area contributed by atoms with E-state index in [1.165, 1.54) is 0 Å². The molecule has 0 spiro atoms. The molecule has 0 radical (unpaired) electrons. The summed E-state index contributed by atoms with van der Waals surface area (Å²) in [5.74, 6) is 0. The number of carbonyl (C=O) groups is 1. The Hall–Kier alpha value is -1.14. The molecule has 1 fully saturated rings. The Morgan fingerprint density at radius 3 is 2.85 bits per heavy atom. The van der Waals surface area contributed by atoms with Gasteiger partial charge in [-0.05, 0) is 48.8 Å². The Kier molecular flexibility index (Phi) is 4.65. The number of rotatable bonds is 1. The van der Waals surface area contributed by atoms with Crippen LogP contribution in [0.2, 0.25) is 0 Å². The molecular weight excluding hydrogens is 324 g/mol. The third kappa shape index (κ3) is 4.18. The Labute approximate surface area is 127 Å². The van der Waals surface area contributed by atoms with Gasteiger partial charge in [-0.25, -0.2) is 4.79 Å². The van der Waals surface area contributed by atoms with Crippen LogP contribution in [0.25, 0.3) is 0 Å². The van der Waals surface area contributed by atoms with E-state index in [0.717, 1.165) is 10.2 Å². The lowest BCUT2D eigenvalue weighted by Gasteiger charge is -2.34. The van der Waals surface area contributed by atoms with Gasteiger partial charge in [0.15, 0.2) is 0 Å². The highest BCUT2D eigenvalue weighted by Gasteiger charge is 2.29. The van der Waals surface area contributed by atoms with E-state index in [4.69, 9.17) is 9.47 Å². The van der Waals surface area contributed by atoms with Gasteiger partial charge in [0.2, 0.25) is 0 Å². The first kappa shape index (κ1) is 15.3. The Morgan fingerprint density at radius 1 is 1.50 bits per heavy atom. The van der Waals surface area contributed by atoms with E-state index < -0.39 is 5.60 Å². The molecule has 0 bridgehead atoms. The molecule has 110 valence electrons. The fourth-order valence-corrected chi connectivity index (χ4v) is 2.13. The van der Waals surface area contributed by atoms with Gasteiger partial charge in [-0.15, -0.1) is 0 Å². The molecule has 0 N–H and O–H groups in total. The summed E-state index contributed by atoms with van der Waals surface area (Å²) in [7, 11) is 0. The van der Waals surface area contributed by atoms with Crippen LogP contribution in [0.1, 0.15) is 32.6 Å². The molecule has 20 heavy (non-hydrogen) atoms. The number of hydrogen-bond acceptors (Lipinski definition) is 4. The summed E-state index contributed by atoms with van der Waals surface area (Å²) in [6.45, 7) is 7.07. The number of ether oxygens (including phenoxy) is 2. The van der Waals surface area contributed by atoms with Gasteiger partial charge < -0.3 is 14.4 Å². The number of morpholine rings is 1. The average Bonchev–Trinajstić information content (AvgIpc) is 2.38. The van der Waals surface area contributed by atoms with Gasteiger partial charge in [-0.2, -0.15) is 0 Å². The minimum absolute atomic E-state index is 0.204. The smallest absolute Gasteiger partial charge is 0.410 e. The zero-order valence-corrected chi connectivity index (χ0v) is 13.5. The second kappa shape index (κ2) is 6.10. The summed E-state index contributed by atoms with van der Waals surface area (Å²) in [5.41, 5.74) is 0.335. The second-order valence-electron chi connectivity index (χ2n) is 5.69. The van der Waals surface area contributed by atoms with Crippen molar-refractivity contribution in [2.24, 2.45) is 0 Å². The maximum atomic E-state index is 12.1. The molecule has 2 rings (SSSR count). The first-order valence-corrected chi connectivity index (χ1v) is 7.35. The van der Waals surface area contributed by atoms with Crippen LogP contribution in [0.3, 0.4) is 0 Å². The summed E-state index contributed by atoms with van der Waals surface area (Å²) in [5, 5.41) is 0. The van der Waals surface area contributed by atoms with Crippen LogP contribution in [0.4, 0.5) is 4.79 Å². The van der Waals surface area contributed by atoms with Crippen molar-refractivity contribution in [3.05, 3.63) is 28.5 Å².